The molecule has 1 unspecified atom stereocenters. The molecule has 0 heterocycles. The maximum Gasteiger partial charge on any atom is 0.128 e. The molecule has 14 heavy (non-hydrogen) atoms. The molecule has 1 rings (SSSR count). The Morgan fingerprint density at radius 3 is 2.50 bits per heavy atom. The van der Waals surface area contributed by atoms with Gasteiger partial charge in [0.25, 0.3) is 0 Å². The van der Waals surface area contributed by atoms with E-state index in [1.54, 1.807) is 0 Å². The van der Waals surface area contributed by atoms with Crippen LogP contribution in [-0.4, -0.2) is 18.9 Å². The fraction of sp³-hybridized carbons (Fsp3) is 0.417. The van der Waals surface area contributed by atoms with Crippen LogP contribution in [0.5, 0.6) is 0 Å². The summed E-state index contributed by atoms with van der Waals surface area (Å²) < 4.78 is 0. The fourth-order valence-corrected chi connectivity index (χ4v) is 1.19. The van der Waals surface area contributed by atoms with Crippen molar-refractivity contribution in [3.63, 3.8) is 0 Å². The summed E-state index contributed by atoms with van der Waals surface area (Å²) in [5.41, 5.74) is 1.15. The maximum absolute atomic E-state index is 4.59. The van der Waals surface area contributed by atoms with Crippen molar-refractivity contribution >= 4 is 5.84 Å². The summed E-state index contributed by atoms with van der Waals surface area (Å²) in [6.07, 6.45) is 1.07. The highest BCUT2D eigenvalue weighted by Gasteiger charge is 2.01. The van der Waals surface area contributed by atoms with E-state index in [1.165, 1.54) is 0 Å². The number of hydrogen-bond acceptors (Lipinski definition) is 1. The van der Waals surface area contributed by atoms with Gasteiger partial charge in [0.1, 0.15) is 5.84 Å². The number of hydrogen-bond donors (Lipinski definition) is 1. The van der Waals surface area contributed by atoms with E-state index in [2.05, 4.69) is 36.3 Å². The summed E-state index contributed by atoms with van der Waals surface area (Å²) in [6.45, 7) is 4.27. The molecular weight excluding hydrogens is 172 g/mol. The van der Waals surface area contributed by atoms with Crippen molar-refractivity contribution in [2.24, 2.45) is 4.99 Å². The molecule has 1 N–H and O–H groups in total. The van der Waals surface area contributed by atoms with Gasteiger partial charge < -0.3 is 5.32 Å². The van der Waals surface area contributed by atoms with E-state index >= 15 is 0 Å². The minimum absolute atomic E-state index is 0.373. The van der Waals surface area contributed by atoms with Crippen LogP contribution < -0.4 is 5.32 Å². The molecule has 2 nitrogen and oxygen atoms in total. The highest BCUT2D eigenvalue weighted by Crippen LogP contribution is 2.02. The first-order valence-corrected chi connectivity index (χ1v) is 5.09. The van der Waals surface area contributed by atoms with Gasteiger partial charge in [0.05, 0.1) is 0 Å². The first kappa shape index (κ1) is 10.8. The van der Waals surface area contributed by atoms with E-state index in [0.29, 0.717) is 6.04 Å². The lowest BCUT2D eigenvalue weighted by Gasteiger charge is -2.09. The van der Waals surface area contributed by atoms with Crippen LogP contribution in [0, 0.1) is 0 Å². The average Bonchev–Trinajstić information content (AvgIpc) is 2.26. The van der Waals surface area contributed by atoms with E-state index in [-0.39, 0.29) is 0 Å². The molecule has 0 saturated heterocycles. The van der Waals surface area contributed by atoms with Crippen LogP contribution in [0.1, 0.15) is 25.8 Å². The molecule has 1 aromatic carbocycles. The van der Waals surface area contributed by atoms with Gasteiger partial charge in [-0.25, -0.2) is 0 Å². The third-order valence-corrected chi connectivity index (χ3v) is 2.22. The van der Waals surface area contributed by atoms with Crippen LogP contribution in [0.3, 0.4) is 0 Å². The quantitative estimate of drug-likeness (QED) is 0.574. The fourth-order valence-electron chi connectivity index (χ4n) is 1.19. The molecule has 0 amide bonds. The molecule has 0 saturated carbocycles. The van der Waals surface area contributed by atoms with Crippen LogP contribution in [-0.2, 0) is 0 Å². The van der Waals surface area contributed by atoms with E-state index in [4.69, 9.17) is 0 Å². The van der Waals surface area contributed by atoms with Crippen LogP contribution in [0.15, 0.2) is 35.3 Å². The molecule has 0 fully saturated rings. The van der Waals surface area contributed by atoms with E-state index in [9.17, 15) is 0 Å². The summed E-state index contributed by atoms with van der Waals surface area (Å²) >= 11 is 0. The largest absolute Gasteiger partial charge is 0.373 e. The number of aliphatic imine (C=N–C) groups is 1. The van der Waals surface area contributed by atoms with Gasteiger partial charge in [0, 0.05) is 18.7 Å². The second-order valence-corrected chi connectivity index (χ2v) is 3.35. The zero-order chi connectivity index (χ0) is 10.4. The Morgan fingerprint density at radius 1 is 1.36 bits per heavy atom. The first-order chi connectivity index (χ1) is 6.77. The first-order valence-electron chi connectivity index (χ1n) is 5.09. The molecule has 0 radical (unpaired) electrons. The molecule has 76 valence electrons. The third kappa shape index (κ3) is 2.87. The van der Waals surface area contributed by atoms with Gasteiger partial charge in [-0.3, -0.25) is 4.99 Å². The Morgan fingerprint density at radius 2 is 2.00 bits per heavy atom. The number of rotatable bonds is 3. The summed E-state index contributed by atoms with van der Waals surface area (Å²) in [5, 5.41) is 3.13. The molecule has 0 aliphatic heterocycles. The van der Waals surface area contributed by atoms with E-state index < -0.39 is 0 Å². The highest BCUT2D eigenvalue weighted by atomic mass is 15.0. The Hall–Kier alpha value is -1.31. The van der Waals surface area contributed by atoms with Crippen molar-refractivity contribution in [1.29, 1.82) is 0 Å². The minimum atomic E-state index is 0.373. The lowest BCUT2D eigenvalue weighted by Crippen LogP contribution is -2.21. The summed E-state index contributed by atoms with van der Waals surface area (Å²) in [4.78, 5) is 4.59. The van der Waals surface area contributed by atoms with E-state index in [0.717, 1.165) is 17.8 Å². The normalized spacial score (nSPS) is 13.8. The van der Waals surface area contributed by atoms with Crippen molar-refractivity contribution in [3.05, 3.63) is 35.9 Å². The van der Waals surface area contributed by atoms with Crippen molar-refractivity contribution in [2.45, 2.75) is 26.3 Å². The number of nitrogens with zero attached hydrogens (tertiary/aromatic N) is 1. The van der Waals surface area contributed by atoms with Crippen LogP contribution in [0.2, 0.25) is 0 Å². The number of amidine groups is 1. The van der Waals surface area contributed by atoms with Gasteiger partial charge in [0.2, 0.25) is 0 Å². The van der Waals surface area contributed by atoms with Crippen LogP contribution in [0.25, 0.3) is 0 Å². The lowest BCUT2D eigenvalue weighted by molar-refractivity contribution is 0.713. The molecule has 0 bridgehead atoms. The molecule has 0 spiro atoms. The van der Waals surface area contributed by atoms with Gasteiger partial charge in [-0.2, -0.15) is 0 Å². The molecule has 1 aromatic rings. The average molecular weight is 190 g/mol. The Balaban J connectivity index is 2.87. The van der Waals surface area contributed by atoms with Gasteiger partial charge in [-0.1, -0.05) is 37.3 Å². The highest BCUT2D eigenvalue weighted by molar-refractivity contribution is 5.98. The van der Waals surface area contributed by atoms with Crippen molar-refractivity contribution in [1.82, 2.24) is 5.32 Å². The SMILES string of the molecule is CCC(C)N=C(NC)c1ccccc1. The third-order valence-electron chi connectivity index (χ3n) is 2.22. The molecular formula is C12H18N2. The standard InChI is InChI=1S/C12H18N2/c1-4-10(2)14-12(13-3)11-8-6-5-7-9-11/h5-10H,4H2,1-3H3,(H,13,14). The van der Waals surface area contributed by atoms with Gasteiger partial charge in [-0.15, -0.1) is 0 Å². The molecule has 2 heteroatoms. The van der Waals surface area contributed by atoms with Gasteiger partial charge in [0.15, 0.2) is 0 Å². The molecule has 0 aliphatic carbocycles. The lowest BCUT2D eigenvalue weighted by atomic mass is 10.2. The zero-order valence-corrected chi connectivity index (χ0v) is 9.12. The molecule has 0 aliphatic rings. The Kier molecular flexibility index (Phi) is 4.17. The predicted octanol–water partition coefficient (Wildman–Crippen LogP) is 2.45. The van der Waals surface area contributed by atoms with Crippen molar-refractivity contribution < 1.29 is 0 Å². The van der Waals surface area contributed by atoms with Gasteiger partial charge in [-0.05, 0) is 13.3 Å². The summed E-state index contributed by atoms with van der Waals surface area (Å²) in [7, 11) is 1.91. The second kappa shape index (κ2) is 5.43. The number of nitrogens with one attached hydrogen (secondary N) is 1. The Labute approximate surface area is 86.1 Å². The maximum atomic E-state index is 4.59. The van der Waals surface area contributed by atoms with Crippen molar-refractivity contribution in [2.75, 3.05) is 7.05 Å². The topological polar surface area (TPSA) is 24.4 Å². The van der Waals surface area contributed by atoms with E-state index in [1.807, 2.05) is 25.2 Å². The van der Waals surface area contributed by atoms with Crippen LogP contribution in [0.4, 0.5) is 0 Å². The van der Waals surface area contributed by atoms with Crippen molar-refractivity contribution in [3.8, 4) is 0 Å². The Bertz CT molecular complexity index is 290. The minimum Gasteiger partial charge on any atom is -0.373 e. The molecule has 0 aromatic heterocycles. The molecule has 1 atom stereocenters. The zero-order valence-electron chi connectivity index (χ0n) is 9.12. The summed E-state index contributed by atoms with van der Waals surface area (Å²) in [6, 6.07) is 10.6. The monoisotopic (exact) mass is 190 g/mol. The van der Waals surface area contributed by atoms with Gasteiger partial charge >= 0.3 is 0 Å². The summed E-state index contributed by atoms with van der Waals surface area (Å²) in [5.74, 6) is 0.972. The smallest absolute Gasteiger partial charge is 0.128 e. The number of benzene rings is 1. The van der Waals surface area contributed by atoms with Crippen LogP contribution >= 0.6 is 0 Å². The second-order valence-electron chi connectivity index (χ2n) is 3.35. The predicted molar refractivity (Wildman–Crippen MR) is 61.8 cm³/mol.